The molecule has 104 valence electrons. The van der Waals surface area contributed by atoms with Gasteiger partial charge in [-0.25, -0.2) is 4.79 Å². The fraction of sp³-hybridized carbons (Fsp3) is 0.235. The molecular weight excluding hydrogens is 272 g/mol. The highest BCUT2D eigenvalue weighted by molar-refractivity contribution is 6.30. The molecule has 0 saturated heterocycles. The van der Waals surface area contributed by atoms with Gasteiger partial charge in [-0.15, -0.1) is 0 Å². The summed E-state index contributed by atoms with van der Waals surface area (Å²) in [6.45, 7) is 4.30. The van der Waals surface area contributed by atoms with Crippen molar-refractivity contribution in [2.45, 2.75) is 26.2 Å². The SMILES string of the molecule is CCC(C)c1ccc(Cl)cc1-c1cccc(C(=O)O)c1. The highest BCUT2D eigenvalue weighted by atomic mass is 35.5. The fourth-order valence-corrected chi connectivity index (χ4v) is 2.42. The van der Waals surface area contributed by atoms with E-state index in [1.54, 1.807) is 18.2 Å². The van der Waals surface area contributed by atoms with Gasteiger partial charge in [0.05, 0.1) is 5.56 Å². The van der Waals surface area contributed by atoms with Crippen LogP contribution in [0.4, 0.5) is 0 Å². The molecule has 2 aromatic carbocycles. The Morgan fingerprint density at radius 3 is 2.65 bits per heavy atom. The van der Waals surface area contributed by atoms with E-state index in [0.29, 0.717) is 10.9 Å². The number of carbonyl (C=O) groups is 1. The quantitative estimate of drug-likeness (QED) is 0.837. The summed E-state index contributed by atoms with van der Waals surface area (Å²) in [5.41, 5.74) is 3.38. The minimum atomic E-state index is -0.918. The number of halogens is 1. The van der Waals surface area contributed by atoms with Crippen molar-refractivity contribution >= 4 is 17.6 Å². The van der Waals surface area contributed by atoms with E-state index in [-0.39, 0.29) is 5.56 Å². The first-order valence-corrected chi connectivity index (χ1v) is 7.04. The van der Waals surface area contributed by atoms with Crippen LogP contribution in [0, 0.1) is 0 Å². The number of carboxylic acids is 1. The molecule has 0 aliphatic carbocycles. The van der Waals surface area contributed by atoms with E-state index in [0.717, 1.165) is 17.5 Å². The van der Waals surface area contributed by atoms with Gasteiger partial charge >= 0.3 is 5.97 Å². The largest absolute Gasteiger partial charge is 0.478 e. The molecule has 1 N–H and O–H groups in total. The first kappa shape index (κ1) is 14.6. The summed E-state index contributed by atoms with van der Waals surface area (Å²) in [4.78, 5) is 11.1. The molecule has 0 fully saturated rings. The number of aromatic carboxylic acids is 1. The maximum absolute atomic E-state index is 11.1. The van der Waals surface area contributed by atoms with Gasteiger partial charge in [-0.2, -0.15) is 0 Å². The molecule has 0 aromatic heterocycles. The van der Waals surface area contributed by atoms with Crippen LogP contribution in [0.5, 0.6) is 0 Å². The van der Waals surface area contributed by atoms with Gasteiger partial charge in [0.15, 0.2) is 0 Å². The molecule has 2 nitrogen and oxygen atoms in total. The Kier molecular flexibility index (Phi) is 4.46. The monoisotopic (exact) mass is 288 g/mol. The number of carboxylic acid groups (broad SMARTS) is 1. The maximum atomic E-state index is 11.1. The highest BCUT2D eigenvalue weighted by Crippen LogP contribution is 2.33. The molecule has 3 heteroatoms. The number of hydrogen-bond acceptors (Lipinski definition) is 1. The second kappa shape index (κ2) is 6.10. The third-order valence-corrected chi connectivity index (χ3v) is 3.81. The maximum Gasteiger partial charge on any atom is 0.335 e. The van der Waals surface area contributed by atoms with E-state index in [1.807, 2.05) is 24.3 Å². The van der Waals surface area contributed by atoms with E-state index in [2.05, 4.69) is 13.8 Å². The summed E-state index contributed by atoms with van der Waals surface area (Å²) in [7, 11) is 0. The van der Waals surface area contributed by atoms with Crippen LogP contribution in [0.15, 0.2) is 42.5 Å². The lowest BCUT2D eigenvalue weighted by Gasteiger charge is -2.16. The molecule has 2 rings (SSSR count). The van der Waals surface area contributed by atoms with E-state index in [1.165, 1.54) is 5.56 Å². The van der Waals surface area contributed by atoms with E-state index in [9.17, 15) is 4.79 Å². The molecule has 2 aromatic rings. The van der Waals surface area contributed by atoms with E-state index < -0.39 is 5.97 Å². The van der Waals surface area contributed by atoms with Crippen molar-refractivity contribution in [3.05, 3.63) is 58.6 Å². The number of rotatable bonds is 4. The highest BCUT2D eigenvalue weighted by Gasteiger charge is 2.13. The van der Waals surface area contributed by atoms with Gasteiger partial charge in [-0.05, 0) is 53.3 Å². The van der Waals surface area contributed by atoms with Gasteiger partial charge in [-0.1, -0.05) is 43.6 Å². The van der Waals surface area contributed by atoms with Crippen LogP contribution in [-0.2, 0) is 0 Å². The van der Waals surface area contributed by atoms with Crippen molar-refractivity contribution in [1.82, 2.24) is 0 Å². The molecule has 0 bridgehead atoms. The van der Waals surface area contributed by atoms with Crippen molar-refractivity contribution in [2.24, 2.45) is 0 Å². The Morgan fingerprint density at radius 2 is 2.00 bits per heavy atom. The Hall–Kier alpha value is -1.80. The molecular formula is C17H17ClO2. The molecule has 0 spiro atoms. The average Bonchev–Trinajstić information content (AvgIpc) is 2.46. The third kappa shape index (κ3) is 3.02. The first-order valence-electron chi connectivity index (χ1n) is 6.66. The zero-order chi connectivity index (χ0) is 14.7. The Labute approximate surface area is 124 Å². The second-order valence-electron chi connectivity index (χ2n) is 4.93. The summed E-state index contributed by atoms with van der Waals surface area (Å²) in [5, 5.41) is 9.77. The molecule has 20 heavy (non-hydrogen) atoms. The van der Waals surface area contributed by atoms with Gasteiger partial charge in [-0.3, -0.25) is 0 Å². The third-order valence-electron chi connectivity index (χ3n) is 3.58. The predicted molar refractivity (Wildman–Crippen MR) is 82.6 cm³/mol. The summed E-state index contributed by atoms with van der Waals surface area (Å²) in [5.74, 6) is -0.519. The summed E-state index contributed by atoms with van der Waals surface area (Å²) in [6, 6.07) is 12.8. The zero-order valence-electron chi connectivity index (χ0n) is 11.6. The van der Waals surface area contributed by atoms with Crippen molar-refractivity contribution in [1.29, 1.82) is 0 Å². The van der Waals surface area contributed by atoms with E-state index in [4.69, 9.17) is 16.7 Å². The van der Waals surface area contributed by atoms with Crippen LogP contribution in [-0.4, -0.2) is 11.1 Å². The Balaban J connectivity index is 2.59. The van der Waals surface area contributed by atoms with Crippen LogP contribution in [0.1, 0.15) is 42.1 Å². The number of benzene rings is 2. The van der Waals surface area contributed by atoms with Crippen molar-refractivity contribution in [3.8, 4) is 11.1 Å². The van der Waals surface area contributed by atoms with Gasteiger partial charge < -0.3 is 5.11 Å². The van der Waals surface area contributed by atoms with Crippen LogP contribution in [0.2, 0.25) is 5.02 Å². The van der Waals surface area contributed by atoms with Crippen molar-refractivity contribution in [2.75, 3.05) is 0 Å². The standard InChI is InChI=1S/C17H17ClO2/c1-3-11(2)15-8-7-14(18)10-16(15)12-5-4-6-13(9-12)17(19)20/h4-11H,3H2,1-2H3,(H,19,20). The molecule has 0 saturated carbocycles. The molecule has 0 aliphatic heterocycles. The Bertz CT molecular complexity index is 635. The van der Waals surface area contributed by atoms with Crippen LogP contribution in [0.25, 0.3) is 11.1 Å². The van der Waals surface area contributed by atoms with Crippen LogP contribution < -0.4 is 0 Å². The van der Waals surface area contributed by atoms with Crippen molar-refractivity contribution < 1.29 is 9.90 Å². The lowest BCUT2D eigenvalue weighted by Crippen LogP contribution is -1.98. The van der Waals surface area contributed by atoms with Gasteiger partial charge in [0.25, 0.3) is 0 Å². The fourth-order valence-electron chi connectivity index (χ4n) is 2.25. The van der Waals surface area contributed by atoms with Crippen molar-refractivity contribution in [3.63, 3.8) is 0 Å². The molecule has 0 radical (unpaired) electrons. The molecule has 0 aliphatic rings. The predicted octanol–water partition coefficient (Wildman–Crippen LogP) is 5.22. The minimum absolute atomic E-state index is 0.289. The minimum Gasteiger partial charge on any atom is -0.478 e. The van der Waals surface area contributed by atoms with Gasteiger partial charge in [0, 0.05) is 5.02 Å². The van der Waals surface area contributed by atoms with Gasteiger partial charge in [0.2, 0.25) is 0 Å². The normalized spacial score (nSPS) is 12.2. The van der Waals surface area contributed by atoms with Gasteiger partial charge in [0.1, 0.15) is 0 Å². The van der Waals surface area contributed by atoms with Crippen LogP contribution >= 0.6 is 11.6 Å². The molecule has 0 heterocycles. The first-order chi connectivity index (χ1) is 9.52. The smallest absolute Gasteiger partial charge is 0.335 e. The lowest BCUT2D eigenvalue weighted by atomic mass is 9.89. The number of hydrogen-bond donors (Lipinski definition) is 1. The van der Waals surface area contributed by atoms with E-state index >= 15 is 0 Å². The molecule has 0 amide bonds. The summed E-state index contributed by atoms with van der Waals surface area (Å²) < 4.78 is 0. The topological polar surface area (TPSA) is 37.3 Å². The Morgan fingerprint density at radius 1 is 1.25 bits per heavy atom. The second-order valence-corrected chi connectivity index (χ2v) is 5.36. The molecule has 1 unspecified atom stereocenters. The summed E-state index contributed by atoms with van der Waals surface area (Å²) >= 11 is 6.10. The lowest BCUT2D eigenvalue weighted by molar-refractivity contribution is 0.0697. The van der Waals surface area contributed by atoms with Crippen LogP contribution in [0.3, 0.4) is 0 Å². The average molecular weight is 289 g/mol. The summed E-state index contributed by atoms with van der Waals surface area (Å²) in [6.07, 6.45) is 1.02. The zero-order valence-corrected chi connectivity index (χ0v) is 12.3. The molecule has 1 atom stereocenters.